The van der Waals surface area contributed by atoms with Crippen LogP contribution in [0.3, 0.4) is 0 Å². The molecular formula is C23H24N2O4. The predicted octanol–water partition coefficient (Wildman–Crippen LogP) is 3.45. The summed E-state index contributed by atoms with van der Waals surface area (Å²) in [6.07, 6.45) is 1.07. The molecule has 0 spiro atoms. The number of ether oxygens (including phenoxy) is 2. The van der Waals surface area contributed by atoms with Crippen molar-refractivity contribution in [3.63, 3.8) is 0 Å². The van der Waals surface area contributed by atoms with Gasteiger partial charge in [-0.2, -0.15) is 5.26 Å². The first kappa shape index (κ1) is 20.4. The van der Waals surface area contributed by atoms with E-state index in [-0.39, 0.29) is 11.9 Å². The molecule has 0 saturated carbocycles. The van der Waals surface area contributed by atoms with E-state index in [9.17, 15) is 9.59 Å². The highest BCUT2D eigenvalue weighted by atomic mass is 16.6. The number of fused-ring (bicyclic) bond motifs is 1. The van der Waals surface area contributed by atoms with Crippen molar-refractivity contribution in [3.05, 3.63) is 65.2 Å². The summed E-state index contributed by atoms with van der Waals surface area (Å²) in [6.45, 7) is 3.11. The second-order valence-electron chi connectivity index (χ2n) is 7.13. The Morgan fingerprint density at radius 2 is 1.83 bits per heavy atom. The molecule has 3 atom stereocenters. The van der Waals surface area contributed by atoms with Crippen molar-refractivity contribution in [1.29, 1.82) is 5.26 Å². The maximum Gasteiger partial charge on any atom is 0.347 e. The van der Waals surface area contributed by atoms with Crippen LogP contribution in [0.1, 0.15) is 49.4 Å². The molecule has 2 aromatic carbocycles. The van der Waals surface area contributed by atoms with Crippen LogP contribution in [0.4, 0.5) is 0 Å². The van der Waals surface area contributed by atoms with Crippen LogP contribution in [0.5, 0.6) is 5.75 Å². The normalized spacial score (nSPS) is 17.2. The summed E-state index contributed by atoms with van der Waals surface area (Å²) < 4.78 is 10.8. The maximum absolute atomic E-state index is 12.5. The summed E-state index contributed by atoms with van der Waals surface area (Å²) in [4.78, 5) is 24.8. The number of hydrogen-bond donors (Lipinski definition) is 1. The van der Waals surface area contributed by atoms with E-state index >= 15 is 0 Å². The van der Waals surface area contributed by atoms with Crippen molar-refractivity contribution in [2.45, 2.75) is 51.4 Å². The van der Waals surface area contributed by atoms with Gasteiger partial charge in [-0.25, -0.2) is 4.79 Å². The molecule has 29 heavy (non-hydrogen) atoms. The summed E-state index contributed by atoms with van der Waals surface area (Å²) in [7, 11) is 0. The van der Waals surface area contributed by atoms with Crippen molar-refractivity contribution in [2.75, 3.05) is 0 Å². The summed E-state index contributed by atoms with van der Waals surface area (Å²) >= 11 is 0. The molecule has 6 nitrogen and oxygen atoms in total. The summed E-state index contributed by atoms with van der Waals surface area (Å²) in [5.41, 5.74) is 2.88. The SMILES string of the molecule is C[C@@H](OC(=O)[C@@H](C)Oc1ccc(C#N)cc1)C(=O)N[C@@H]1CCCc2ccccc21. The minimum Gasteiger partial charge on any atom is -0.479 e. The number of esters is 1. The second-order valence-corrected chi connectivity index (χ2v) is 7.13. The first-order valence-electron chi connectivity index (χ1n) is 9.73. The fourth-order valence-electron chi connectivity index (χ4n) is 3.38. The molecule has 1 N–H and O–H groups in total. The molecule has 6 heteroatoms. The number of aryl methyl sites for hydroxylation is 1. The molecule has 2 aromatic rings. The number of carbonyl (C=O) groups excluding carboxylic acids is 2. The van der Waals surface area contributed by atoms with Crippen LogP contribution in [0.2, 0.25) is 0 Å². The summed E-state index contributed by atoms with van der Waals surface area (Å²) in [6, 6.07) is 16.5. The van der Waals surface area contributed by atoms with Gasteiger partial charge in [-0.15, -0.1) is 0 Å². The quantitative estimate of drug-likeness (QED) is 0.761. The van der Waals surface area contributed by atoms with Crippen LogP contribution >= 0.6 is 0 Å². The van der Waals surface area contributed by atoms with Crippen molar-refractivity contribution in [2.24, 2.45) is 0 Å². The minimum atomic E-state index is -0.927. The Bertz CT molecular complexity index is 917. The minimum absolute atomic E-state index is 0.0686. The number of benzene rings is 2. The second kappa shape index (κ2) is 9.24. The largest absolute Gasteiger partial charge is 0.479 e. The molecule has 0 fully saturated rings. The number of nitrogens with zero attached hydrogens (tertiary/aromatic N) is 1. The van der Waals surface area contributed by atoms with Gasteiger partial charge in [0.1, 0.15) is 5.75 Å². The lowest BCUT2D eigenvalue weighted by Gasteiger charge is -2.27. The monoisotopic (exact) mass is 392 g/mol. The number of nitrogens with one attached hydrogen (secondary N) is 1. The van der Waals surface area contributed by atoms with Gasteiger partial charge in [-0.05, 0) is 68.5 Å². The zero-order valence-electron chi connectivity index (χ0n) is 16.6. The first-order valence-corrected chi connectivity index (χ1v) is 9.73. The fourth-order valence-corrected chi connectivity index (χ4v) is 3.38. The van der Waals surface area contributed by atoms with E-state index in [0.29, 0.717) is 11.3 Å². The summed E-state index contributed by atoms with van der Waals surface area (Å²) in [5, 5.41) is 11.8. The van der Waals surface area contributed by atoms with Gasteiger partial charge in [0, 0.05) is 0 Å². The van der Waals surface area contributed by atoms with Crippen molar-refractivity contribution in [1.82, 2.24) is 5.32 Å². The Kier molecular flexibility index (Phi) is 6.50. The van der Waals surface area contributed by atoms with E-state index in [0.717, 1.165) is 24.8 Å². The summed E-state index contributed by atoms with van der Waals surface area (Å²) in [5.74, 6) is -0.504. The zero-order valence-corrected chi connectivity index (χ0v) is 16.6. The zero-order chi connectivity index (χ0) is 20.8. The molecular weight excluding hydrogens is 368 g/mol. The van der Waals surface area contributed by atoms with E-state index < -0.39 is 18.2 Å². The van der Waals surface area contributed by atoms with Crippen LogP contribution in [0.25, 0.3) is 0 Å². The van der Waals surface area contributed by atoms with Gasteiger partial charge in [0.05, 0.1) is 17.7 Å². The van der Waals surface area contributed by atoms with Gasteiger partial charge in [-0.3, -0.25) is 4.79 Å². The Labute approximate surface area is 170 Å². The number of rotatable bonds is 6. The van der Waals surface area contributed by atoms with Gasteiger partial charge in [-0.1, -0.05) is 24.3 Å². The molecule has 0 heterocycles. The Hall–Kier alpha value is -3.33. The standard InChI is InChI=1S/C23H24N2O4/c1-15(22(26)25-21-9-5-7-18-6-3-4-8-20(18)21)29-23(27)16(2)28-19-12-10-17(14-24)11-13-19/h3-4,6,8,10-13,15-16,21H,5,7,9H2,1-2H3,(H,25,26)/t15-,16-,21-/m1/s1. The smallest absolute Gasteiger partial charge is 0.347 e. The highest BCUT2D eigenvalue weighted by Gasteiger charge is 2.27. The third-order valence-corrected chi connectivity index (χ3v) is 4.98. The first-order chi connectivity index (χ1) is 14.0. The molecule has 1 aliphatic rings. The Morgan fingerprint density at radius 3 is 2.55 bits per heavy atom. The molecule has 3 rings (SSSR count). The van der Waals surface area contributed by atoms with Crippen LogP contribution in [0.15, 0.2) is 48.5 Å². The van der Waals surface area contributed by atoms with E-state index in [1.165, 1.54) is 5.56 Å². The van der Waals surface area contributed by atoms with Gasteiger partial charge >= 0.3 is 5.97 Å². The van der Waals surface area contributed by atoms with Crippen LogP contribution in [0, 0.1) is 11.3 Å². The molecule has 0 aromatic heterocycles. The number of hydrogen-bond acceptors (Lipinski definition) is 5. The highest BCUT2D eigenvalue weighted by molar-refractivity contribution is 5.84. The predicted molar refractivity (Wildman–Crippen MR) is 107 cm³/mol. The lowest BCUT2D eigenvalue weighted by atomic mass is 9.87. The van der Waals surface area contributed by atoms with Crippen molar-refractivity contribution >= 4 is 11.9 Å². The molecule has 0 bridgehead atoms. The van der Waals surface area contributed by atoms with Crippen LogP contribution < -0.4 is 10.1 Å². The molecule has 0 aliphatic heterocycles. The van der Waals surface area contributed by atoms with E-state index in [4.69, 9.17) is 14.7 Å². The molecule has 1 aliphatic carbocycles. The molecule has 0 saturated heterocycles. The molecule has 150 valence electrons. The maximum atomic E-state index is 12.5. The molecule has 0 radical (unpaired) electrons. The average molecular weight is 392 g/mol. The highest BCUT2D eigenvalue weighted by Crippen LogP contribution is 2.29. The third kappa shape index (κ3) is 5.14. The average Bonchev–Trinajstić information content (AvgIpc) is 2.74. The molecule has 1 amide bonds. The lowest BCUT2D eigenvalue weighted by Crippen LogP contribution is -2.41. The fraction of sp³-hybridized carbons (Fsp3) is 0.348. The van der Waals surface area contributed by atoms with Crippen molar-refractivity contribution < 1.29 is 19.1 Å². The topological polar surface area (TPSA) is 88.4 Å². The van der Waals surface area contributed by atoms with Gasteiger partial charge in [0.15, 0.2) is 12.2 Å². The Balaban J connectivity index is 1.53. The van der Waals surface area contributed by atoms with E-state index in [1.54, 1.807) is 38.1 Å². The van der Waals surface area contributed by atoms with E-state index in [2.05, 4.69) is 11.4 Å². The molecule has 0 unspecified atom stereocenters. The number of amides is 1. The third-order valence-electron chi connectivity index (χ3n) is 4.98. The number of carbonyl (C=O) groups is 2. The number of nitriles is 1. The van der Waals surface area contributed by atoms with E-state index in [1.807, 2.05) is 24.3 Å². The van der Waals surface area contributed by atoms with Gasteiger partial charge in [0.25, 0.3) is 5.91 Å². The van der Waals surface area contributed by atoms with Crippen LogP contribution in [-0.4, -0.2) is 24.1 Å². The van der Waals surface area contributed by atoms with Gasteiger partial charge < -0.3 is 14.8 Å². The Morgan fingerprint density at radius 1 is 1.10 bits per heavy atom. The lowest BCUT2D eigenvalue weighted by molar-refractivity contribution is -0.161. The van der Waals surface area contributed by atoms with Crippen LogP contribution in [-0.2, 0) is 20.7 Å². The van der Waals surface area contributed by atoms with Crippen molar-refractivity contribution in [3.8, 4) is 11.8 Å². The van der Waals surface area contributed by atoms with Gasteiger partial charge in [0.2, 0.25) is 0 Å².